The Kier molecular flexibility index (Phi) is 4.28. The van der Waals surface area contributed by atoms with Gasteiger partial charge in [-0.2, -0.15) is 10.1 Å². The highest BCUT2D eigenvalue weighted by molar-refractivity contribution is 5.41. The first-order chi connectivity index (χ1) is 10.3. The van der Waals surface area contributed by atoms with Gasteiger partial charge in [-0.1, -0.05) is 29.8 Å². The summed E-state index contributed by atoms with van der Waals surface area (Å²) < 4.78 is 0. The lowest BCUT2D eigenvalue weighted by molar-refractivity contribution is 0.572. The fraction of sp³-hybridized carbons (Fsp3) is 0.438. The molecule has 1 aromatic carbocycles. The first-order valence-corrected chi connectivity index (χ1v) is 7.55. The summed E-state index contributed by atoms with van der Waals surface area (Å²) in [5, 5.41) is 11.4. The molecule has 0 spiro atoms. The van der Waals surface area contributed by atoms with Crippen molar-refractivity contribution < 1.29 is 0 Å². The van der Waals surface area contributed by atoms with Gasteiger partial charge in [-0.3, -0.25) is 0 Å². The van der Waals surface area contributed by atoms with E-state index in [1.807, 2.05) is 0 Å². The quantitative estimate of drug-likeness (QED) is 0.935. The second kappa shape index (κ2) is 6.52. The van der Waals surface area contributed by atoms with Crippen LogP contribution in [0.4, 0.5) is 11.8 Å². The Bertz CT molecular complexity index is 593. The maximum Gasteiger partial charge on any atom is 0.244 e. The lowest BCUT2D eigenvalue weighted by Crippen LogP contribution is -2.30. The molecule has 0 aliphatic carbocycles. The highest BCUT2D eigenvalue weighted by Gasteiger charge is 2.13. The molecule has 0 unspecified atom stereocenters. The lowest BCUT2D eigenvalue weighted by atomic mass is 10.1. The summed E-state index contributed by atoms with van der Waals surface area (Å²) >= 11 is 0. The van der Waals surface area contributed by atoms with Crippen molar-refractivity contribution in [3.63, 3.8) is 0 Å². The van der Waals surface area contributed by atoms with E-state index in [1.54, 1.807) is 6.20 Å². The van der Waals surface area contributed by atoms with Crippen molar-refractivity contribution in [1.82, 2.24) is 15.2 Å². The Morgan fingerprint density at radius 3 is 2.86 bits per heavy atom. The minimum Gasteiger partial charge on any atom is -0.355 e. The number of nitrogens with one attached hydrogen (secondary N) is 1. The summed E-state index contributed by atoms with van der Waals surface area (Å²) in [5.74, 6) is 1.52. The third kappa shape index (κ3) is 3.68. The van der Waals surface area contributed by atoms with Crippen LogP contribution in [0.1, 0.15) is 30.4 Å². The minimum atomic E-state index is 0.597. The first kappa shape index (κ1) is 13.8. The van der Waals surface area contributed by atoms with Gasteiger partial charge in [0.1, 0.15) is 0 Å². The van der Waals surface area contributed by atoms with Gasteiger partial charge < -0.3 is 10.2 Å². The third-order valence-electron chi connectivity index (χ3n) is 3.76. The highest BCUT2D eigenvalue weighted by Crippen LogP contribution is 2.17. The van der Waals surface area contributed by atoms with E-state index < -0.39 is 0 Å². The number of nitrogens with zero attached hydrogens (tertiary/aromatic N) is 4. The molecule has 5 heteroatoms. The summed E-state index contributed by atoms with van der Waals surface area (Å²) in [6, 6.07) is 8.42. The number of benzene rings is 1. The zero-order chi connectivity index (χ0) is 14.5. The molecule has 21 heavy (non-hydrogen) atoms. The molecule has 2 heterocycles. The number of hydrogen-bond donors (Lipinski definition) is 1. The van der Waals surface area contributed by atoms with Gasteiger partial charge in [0.25, 0.3) is 0 Å². The molecule has 1 fully saturated rings. The number of rotatable bonds is 4. The fourth-order valence-corrected chi connectivity index (χ4v) is 2.65. The van der Waals surface area contributed by atoms with E-state index in [-0.39, 0.29) is 0 Å². The molecule has 5 nitrogen and oxygen atoms in total. The van der Waals surface area contributed by atoms with E-state index in [9.17, 15) is 0 Å². The van der Waals surface area contributed by atoms with Gasteiger partial charge in [-0.05, 0) is 31.7 Å². The molecular weight excluding hydrogens is 262 g/mol. The van der Waals surface area contributed by atoms with Crippen LogP contribution in [0, 0.1) is 6.92 Å². The monoisotopic (exact) mass is 283 g/mol. The van der Waals surface area contributed by atoms with Crippen molar-refractivity contribution in [2.45, 2.75) is 32.7 Å². The van der Waals surface area contributed by atoms with Crippen molar-refractivity contribution in [2.24, 2.45) is 0 Å². The molecule has 1 aliphatic heterocycles. The first-order valence-electron chi connectivity index (χ1n) is 7.55. The Hall–Kier alpha value is -2.17. The van der Waals surface area contributed by atoms with Crippen LogP contribution in [-0.4, -0.2) is 28.3 Å². The van der Waals surface area contributed by atoms with Gasteiger partial charge >= 0.3 is 0 Å². The van der Waals surface area contributed by atoms with E-state index in [2.05, 4.69) is 56.6 Å². The van der Waals surface area contributed by atoms with Crippen LogP contribution in [0.15, 0.2) is 30.5 Å². The molecule has 2 aromatic rings. The van der Waals surface area contributed by atoms with Crippen molar-refractivity contribution in [1.29, 1.82) is 0 Å². The van der Waals surface area contributed by atoms with Gasteiger partial charge in [0.2, 0.25) is 5.95 Å². The van der Waals surface area contributed by atoms with Crippen LogP contribution in [0.3, 0.4) is 0 Å². The smallest absolute Gasteiger partial charge is 0.244 e. The van der Waals surface area contributed by atoms with Crippen molar-refractivity contribution >= 4 is 11.8 Å². The fourth-order valence-electron chi connectivity index (χ4n) is 2.65. The molecule has 3 rings (SSSR count). The number of aromatic nitrogens is 3. The van der Waals surface area contributed by atoms with E-state index in [0.717, 1.165) is 18.9 Å². The van der Waals surface area contributed by atoms with Crippen LogP contribution < -0.4 is 10.2 Å². The molecule has 0 bridgehead atoms. The highest BCUT2D eigenvalue weighted by atomic mass is 15.3. The maximum absolute atomic E-state index is 4.58. The number of aryl methyl sites for hydroxylation is 1. The Morgan fingerprint density at radius 1 is 1.19 bits per heavy atom. The van der Waals surface area contributed by atoms with Crippen molar-refractivity contribution in [3.8, 4) is 0 Å². The number of anilines is 2. The van der Waals surface area contributed by atoms with Crippen LogP contribution in [0.2, 0.25) is 0 Å². The zero-order valence-corrected chi connectivity index (χ0v) is 12.4. The molecule has 0 radical (unpaired) electrons. The zero-order valence-electron chi connectivity index (χ0n) is 12.4. The predicted octanol–water partition coefficient (Wildman–Crippen LogP) is 2.78. The molecule has 0 atom stereocenters. The lowest BCUT2D eigenvalue weighted by Gasteiger charge is -2.27. The molecule has 110 valence electrons. The van der Waals surface area contributed by atoms with Crippen molar-refractivity contribution in [3.05, 3.63) is 41.6 Å². The summed E-state index contributed by atoms with van der Waals surface area (Å²) in [6.07, 6.45) is 5.53. The topological polar surface area (TPSA) is 53.9 Å². The number of piperidine rings is 1. The van der Waals surface area contributed by atoms with Gasteiger partial charge in [-0.15, -0.1) is 5.10 Å². The summed E-state index contributed by atoms with van der Waals surface area (Å²) in [5.41, 5.74) is 2.48. The van der Waals surface area contributed by atoms with E-state index in [1.165, 1.54) is 30.4 Å². The van der Waals surface area contributed by atoms with E-state index in [0.29, 0.717) is 12.5 Å². The number of hydrogen-bond acceptors (Lipinski definition) is 5. The van der Waals surface area contributed by atoms with Crippen molar-refractivity contribution in [2.75, 3.05) is 23.3 Å². The van der Waals surface area contributed by atoms with Gasteiger partial charge in [-0.25, -0.2) is 0 Å². The minimum absolute atomic E-state index is 0.597. The SMILES string of the molecule is Cc1cccc(CNc2nncc(N3CCCCC3)n2)c1. The molecule has 0 amide bonds. The van der Waals surface area contributed by atoms with Crippen LogP contribution >= 0.6 is 0 Å². The predicted molar refractivity (Wildman–Crippen MR) is 84.4 cm³/mol. The Morgan fingerprint density at radius 2 is 2.05 bits per heavy atom. The molecular formula is C16H21N5. The van der Waals surface area contributed by atoms with E-state index >= 15 is 0 Å². The molecule has 1 aliphatic rings. The Balaban J connectivity index is 1.65. The largest absolute Gasteiger partial charge is 0.355 e. The molecule has 1 N–H and O–H groups in total. The summed E-state index contributed by atoms with van der Waals surface area (Å²) in [6.45, 7) is 4.94. The van der Waals surface area contributed by atoms with Crippen LogP contribution in [0.5, 0.6) is 0 Å². The maximum atomic E-state index is 4.58. The molecule has 0 saturated carbocycles. The standard InChI is InChI=1S/C16H21N5/c1-13-6-5-7-14(10-13)11-17-16-19-15(12-18-20-16)21-8-3-2-4-9-21/h5-7,10,12H,2-4,8-9,11H2,1H3,(H,17,19,20). The Labute approximate surface area is 125 Å². The third-order valence-corrected chi connectivity index (χ3v) is 3.76. The van der Waals surface area contributed by atoms with Gasteiger partial charge in [0.05, 0.1) is 6.20 Å². The summed E-state index contributed by atoms with van der Waals surface area (Å²) in [7, 11) is 0. The van der Waals surface area contributed by atoms with Gasteiger partial charge in [0, 0.05) is 19.6 Å². The normalized spacial score (nSPS) is 15.0. The van der Waals surface area contributed by atoms with E-state index in [4.69, 9.17) is 0 Å². The second-order valence-electron chi connectivity index (χ2n) is 5.53. The second-order valence-corrected chi connectivity index (χ2v) is 5.53. The van der Waals surface area contributed by atoms with Gasteiger partial charge in [0.15, 0.2) is 5.82 Å². The van der Waals surface area contributed by atoms with Crippen LogP contribution in [0.25, 0.3) is 0 Å². The molecule has 1 aromatic heterocycles. The molecule has 1 saturated heterocycles. The average Bonchev–Trinajstić information content (AvgIpc) is 2.54. The summed E-state index contributed by atoms with van der Waals surface area (Å²) in [4.78, 5) is 6.86. The van der Waals surface area contributed by atoms with Crippen LogP contribution in [-0.2, 0) is 6.54 Å². The average molecular weight is 283 g/mol.